The molecule has 0 saturated carbocycles. The van der Waals surface area contributed by atoms with Gasteiger partial charge in [0.25, 0.3) is 0 Å². The Morgan fingerprint density at radius 1 is 1.14 bits per heavy atom. The molecule has 0 aliphatic heterocycles. The molecule has 0 amide bonds. The second-order valence-corrected chi connectivity index (χ2v) is 1.28. The minimum absolute atomic E-state index is 0. The van der Waals surface area contributed by atoms with Gasteiger partial charge in [0.15, 0.2) is 0 Å². The van der Waals surface area contributed by atoms with E-state index in [4.69, 9.17) is 0 Å². The Morgan fingerprint density at radius 3 is 1.86 bits per heavy atom. The first kappa shape index (κ1) is 6.95. The minimum atomic E-state index is 0. The summed E-state index contributed by atoms with van der Waals surface area (Å²) in [5.41, 5.74) is 0. The van der Waals surface area contributed by atoms with Crippen LogP contribution in [0.4, 0.5) is 0 Å². The van der Waals surface area contributed by atoms with Crippen molar-refractivity contribution in [3.05, 3.63) is 30.7 Å². The zero-order chi connectivity index (χ0) is 4.24. The van der Waals surface area contributed by atoms with Crippen LogP contribution in [0.25, 0.3) is 0 Å². The van der Waals surface area contributed by atoms with Crippen LogP contribution in [-0.2, 0) is 0 Å². The van der Waals surface area contributed by atoms with Crippen LogP contribution in [0.2, 0.25) is 0 Å². The Labute approximate surface area is 56.5 Å². The molecule has 0 heterocycles. The summed E-state index contributed by atoms with van der Waals surface area (Å²) in [6, 6.07) is 0. The van der Waals surface area contributed by atoms with Crippen LogP contribution in [0.15, 0.2) is 24.3 Å². The Morgan fingerprint density at radius 2 is 1.71 bits per heavy atom. The molecule has 0 bridgehead atoms. The fourth-order valence-corrected chi connectivity index (χ4v) is 0.457. The average Bonchev–Trinajstić information content (AvgIpc) is 1.72. The molecule has 0 aromatic carbocycles. The van der Waals surface area contributed by atoms with Gasteiger partial charge in [-0.25, -0.2) is 0 Å². The molecule has 0 unspecified atom stereocenters. The predicted molar refractivity (Wildman–Crippen MR) is 27.2 cm³/mol. The van der Waals surface area contributed by atoms with E-state index in [0.717, 1.165) is 6.42 Å². The van der Waals surface area contributed by atoms with E-state index in [1.54, 1.807) is 0 Å². The predicted octanol–water partition coefficient (Wildman–Crippen LogP) is -1.29. The fourth-order valence-electron chi connectivity index (χ4n) is 0.457. The van der Waals surface area contributed by atoms with Crippen molar-refractivity contribution < 1.29 is 18.9 Å². The molecule has 0 fully saturated rings. The van der Waals surface area contributed by atoms with Crippen molar-refractivity contribution in [1.82, 2.24) is 0 Å². The van der Waals surface area contributed by atoms with E-state index in [1.165, 1.54) is 0 Å². The molecule has 1 aliphatic rings. The minimum Gasteiger partial charge on any atom is -0.187 e. The van der Waals surface area contributed by atoms with Crippen LogP contribution in [0.3, 0.4) is 0 Å². The molecule has 32 valence electrons. The van der Waals surface area contributed by atoms with Gasteiger partial charge in [-0.15, -0.1) is 6.42 Å². The molecule has 0 atom stereocenters. The van der Waals surface area contributed by atoms with Gasteiger partial charge in [0.05, 0.1) is 0 Å². The molecule has 1 aliphatic carbocycles. The summed E-state index contributed by atoms with van der Waals surface area (Å²) in [6.45, 7) is 0. The topological polar surface area (TPSA) is 0 Å². The van der Waals surface area contributed by atoms with Crippen LogP contribution in [0.1, 0.15) is 6.42 Å². The van der Waals surface area contributed by atoms with Crippen LogP contribution in [0, 0.1) is 6.42 Å². The number of hydrogen-bond donors (Lipinski definition) is 0. The van der Waals surface area contributed by atoms with E-state index in [-0.39, 0.29) is 18.9 Å². The summed E-state index contributed by atoms with van der Waals surface area (Å²) in [5.74, 6) is 0. The molecule has 0 aromatic heterocycles. The van der Waals surface area contributed by atoms with Gasteiger partial charge in [-0.3, -0.25) is 0 Å². The van der Waals surface area contributed by atoms with Crippen LogP contribution < -0.4 is 18.9 Å². The largest absolute Gasteiger partial charge is 1.00 e. The monoisotopic (exact) mass is 86.1 g/mol. The summed E-state index contributed by atoms with van der Waals surface area (Å²) in [5, 5.41) is 0. The zero-order valence-corrected chi connectivity index (χ0v) is 4.59. The van der Waals surface area contributed by atoms with Crippen molar-refractivity contribution in [2.24, 2.45) is 0 Å². The van der Waals surface area contributed by atoms with E-state index in [2.05, 4.69) is 24.3 Å². The third kappa shape index (κ3) is 2.62. The quantitative estimate of drug-likeness (QED) is 0.254. The van der Waals surface area contributed by atoms with Gasteiger partial charge in [-0.2, -0.15) is 30.7 Å². The molecule has 0 spiro atoms. The van der Waals surface area contributed by atoms with E-state index >= 15 is 0 Å². The molecular weight excluding hydrogens is 79.0 g/mol. The molecule has 0 nitrogen and oxygen atoms in total. The van der Waals surface area contributed by atoms with Crippen molar-refractivity contribution >= 4 is 0 Å². The van der Waals surface area contributed by atoms with Gasteiger partial charge in [0.2, 0.25) is 0 Å². The smallest absolute Gasteiger partial charge is 0.187 e. The van der Waals surface area contributed by atoms with Gasteiger partial charge < -0.3 is 0 Å². The molecule has 0 saturated heterocycles. The van der Waals surface area contributed by atoms with Crippen molar-refractivity contribution in [2.75, 3.05) is 0 Å². The first-order valence-electron chi connectivity index (χ1n) is 2.15. The standard InChI is InChI=1S/C6H7.Li/c1-2-4-6-5-3-1;/h1-5H,6H2;/q-1;+1. The maximum absolute atomic E-state index is 2.12. The van der Waals surface area contributed by atoms with Gasteiger partial charge in [0, 0.05) is 0 Å². The first-order chi connectivity index (χ1) is 3.00. The Bertz CT molecular complexity index is 62.2. The second kappa shape index (κ2) is 4.12. The molecule has 0 N–H and O–H groups in total. The van der Waals surface area contributed by atoms with Gasteiger partial charge in [0.1, 0.15) is 0 Å². The maximum Gasteiger partial charge on any atom is 1.00 e. The SMILES string of the molecule is C1=CCC=C[CH-]1.[Li+]. The van der Waals surface area contributed by atoms with Gasteiger partial charge >= 0.3 is 18.9 Å². The summed E-state index contributed by atoms with van der Waals surface area (Å²) in [7, 11) is 0. The Kier molecular flexibility index (Phi) is 4.08. The van der Waals surface area contributed by atoms with Crippen molar-refractivity contribution in [3.63, 3.8) is 0 Å². The van der Waals surface area contributed by atoms with Crippen molar-refractivity contribution in [2.45, 2.75) is 6.42 Å². The molecule has 1 rings (SSSR count). The third-order valence-corrected chi connectivity index (χ3v) is 0.767. The van der Waals surface area contributed by atoms with E-state index in [0.29, 0.717) is 0 Å². The maximum atomic E-state index is 2.12. The molecular formula is C6H7Li. The summed E-state index contributed by atoms with van der Waals surface area (Å²) >= 11 is 0. The zero-order valence-electron chi connectivity index (χ0n) is 4.59. The Hall–Kier alpha value is -0.0526. The summed E-state index contributed by atoms with van der Waals surface area (Å²) in [6.07, 6.45) is 11.5. The molecule has 0 aromatic rings. The summed E-state index contributed by atoms with van der Waals surface area (Å²) < 4.78 is 0. The summed E-state index contributed by atoms with van der Waals surface area (Å²) in [4.78, 5) is 0. The molecule has 7 heavy (non-hydrogen) atoms. The Balaban J connectivity index is 0.000000360. The number of hydrogen-bond acceptors (Lipinski definition) is 0. The van der Waals surface area contributed by atoms with Gasteiger partial charge in [-0.05, 0) is 0 Å². The number of rotatable bonds is 0. The molecule has 1 heteroatoms. The second-order valence-electron chi connectivity index (χ2n) is 1.28. The van der Waals surface area contributed by atoms with Crippen LogP contribution in [-0.4, -0.2) is 0 Å². The number of allylic oxidation sites excluding steroid dienone is 4. The van der Waals surface area contributed by atoms with E-state index in [9.17, 15) is 0 Å². The van der Waals surface area contributed by atoms with Crippen molar-refractivity contribution in [1.29, 1.82) is 0 Å². The first-order valence-corrected chi connectivity index (χ1v) is 2.15. The van der Waals surface area contributed by atoms with Gasteiger partial charge in [-0.1, -0.05) is 0 Å². The third-order valence-electron chi connectivity index (χ3n) is 0.767. The van der Waals surface area contributed by atoms with Crippen LogP contribution >= 0.6 is 0 Å². The molecule has 0 radical (unpaired) electrons. The fraction of sp³-hybridized carbons (Fsp3) is 0.167. The average molecular weight is 86.1 g/mol. The van der Waals surface area contributed by atoms with Crippen LogP contribution in [0.5, 0.6) is 0 Å². The normalized spacial score (nSPS) is 14.9. The van der Waals surface area contributed by atoms with Crippen molar-refractivity contribution in [3.8, 4) is 0 Å². The van der Waals surface area contributed by atoms with E-state index in [1.807, 2.05) is 6.42 Å². The van der Waals surface area contributed by atoms with E-state index < -0.39 is 0 Å².